The number of aromatic nitrogens is 3. The molecular weight excluding hydrogens is 662 g/mol. The van der Waals surface area contributed by atoms with Crippen LogP contribution in [-0.4, -0.2) is 79.2 Å². The second kappa shape index (κ2) is 16.1. The summed E-state index contributed by atoms with van der Waals surface area (Å²) in [6.07, 6.45) is 2.28. The molecule has 13 nitrogen and oxygen atoms in total. The lowest BCUT2D eigenvalue weighted by Crippen LogP contribution is -2.42. The molecule has 4 aromatic rings. The summed E-state index contributed by atoms with van der Waals surface area (Å²) in [5, 5.41) is 14.6. The minimum Gasteiger partial charge on any atom is -0.392 e. The Balaban J connectivity index is 1.53. The standard InChI is InChI=1S/C36H45N5O8S/c1-6-7-12-33-37-25(3)31(20-34(43)39-15-17-48-18-16-39)36(44)40(33)21-27-13-14-29(28(19-27)22-42)30-10-8-9-11-32(30)50(45,46)41(23-47-5)35-24(2)26(4)49-38-35/h8-11,13-14,19,42H,6-7,12,15-18,20-23H2,1-5H3. The fourth-order valence-corrected chi connectivity index (χ4v) is 7.67. The molecule has 0 aliphatic carbocycles. The van der Waals surface area contributed by atoms with Crippen LogP contribution in [0.3, 0.4) is 0 Å². The van der Waals surface area contributed by atoms with Gasteiger partial charge < -0.3 is 24.0 Å². The summed E-state index contributed by atoms with van der Waals surface area (Å²) < 4.78 is 47.0. The molecule has 0 unspecified atom stereocenters. The van der Waals surface area contributed by atoms with Gasteiger partial charge in [-0.15, -0.1) is 0 Å². The number of hydrogen-bond acceptors (Lipinski definition) is 10. The first-order chi connectivity index (χ1) is 24.0. The van der Waals surface area contributed by atoms with Crippen molar-refractivity contribution in [1.82, 2.24) is 19.6 Å². The van der Waals surface area contributed by atoms with Gasteiger partial charge in [-0.25, -0.2) is 17.7 Å². The van der Waals surface area contributed by atoms with E-state index in [0.29, 0.717) is 83.4 Å². The molecule has 268 valence electrons. The lowest BCUT2D eigenvalue weighted by Gasteiger charge is -2.27. The Morgan fingerprint density at radius 2 is 1.82 bits per heavy atom. The van der Waals surface area contributed by atoms with Crippen LogP contribution in [0.1, 0.15) is 59.3 Å². The zero-order chi connectivity index (χ0) is 36.0. The van der Waals surface area contributed by atoms with Gasteiger partial charge in [-0.2, -0.15) is 0 Å². The molecule has 0 bridgehead atoms. The van der Waals surface area contributed by atoms with Crippen molar-refractivity contribution in [2.45, 2.75) is 71.4 Å². The van der Waals surface area contributed by atoms with E-state index in [1.54, 1.807) is 60.6 Å². The number of morpholine rings is 1. The third-order valence-corrected chi connectivity index (χ3v) is 10.8. The number of nitrogens with zero attached hydrogens (tertiary/aromatic N) is 5. The maximum Gasteiger partial charge on any atom is 0.268 e. The number of rotatable bonds is 14. The first-order valence-corrected chi connectivity index (χ1v) is 18.2. The Hall–Kier alpha value is -4.37. The van der Waals surface area contributed by atoms with Crippen molar-refractivity contribution < 1.29 is 32.3 Å². The van der Waals surface area contributed by atoms with E-state index in [4.69, 9.17) is 19.0 Å². The number of amides is 1. The van der Waals surface area contributed by atoms with Crippen LogP contribution in [0, 0.1) is 20.8 Å². The fourth-order valence-electron chi connectivity index (χ4n) is 6.08. The third-order valence-electron chi connectivity index (χ3n) is 9.04. The van der Waals surface area contributed by atoms with E-state index >= 15 is 0 Å². The molecule has 1 N–H and O–H groups in total. The van der Waals surface area contributed by atoms with E-state index in [-0.39, 0.29) is 48.5 Å². The molecular formula is C36H45N5O8S. The third kappa shape index (κ3) is 7.68. The number of benzene rings is 2. The zero-order valence-corrected chi connectivity index (χ0v) is 30.1. The number of hydrogen-bond donors (Lipinski definition) is 1. The van der Waals surface area contributed by atoms with E-state index in [9.17, 15) is 23.1 Å². The van der Waals surface area contributed by atoms with Crippen molar-refractivity contribution in [2.24, 2.45) is 0 Å². The lowest BCUT2D eigenvalue weighted by atomic mass is 9.97. The molecule has 1 saturated heterocycles. The Labute approximate surface area is 292 Å². The molecule has 50 heavy (non-hydrogen) atoms. The van der Waals surface area contributed by atoms with Crippen LogP contribution in [0.2, 0.25) is 0 Å². The van der Waals surface area contributed by atoms with Gasteiger partial charge in [0.25, 0.3) is 15.6 Å². The lowest BCUT2D eigenvalue weighted by molar-refractivity contribution is -0.134. The zero-order valence-electron chi connectivity index (χ0n) is 29.3. The number of aliphatic hydroxyl groups excluding tert-OH is 1. The number of ether oxygens (including phenoxy) is 2. The van der Waals surface area contributed by atoms with Crippen LogP contribution >= 0.6 is 0 Å². The number of aryl methyl sites for hydroxylation is 3. The summed E-state index contributed by atoms with van der Waals surface area (Å²) in [5.74, 6) is 1.10. The molecule has 0 spiro atoms. The van der Waals surface area contributed by atoms with Crippen molar-refractivity contribution >= 4 is 21.7 Å². The molecule has 2 aromatic heterocycles. The molecule has 1 amide bonds. The second-order valence-electron chi connectivity index (χ2n) is 12.4. The first kappa shape index (κ1) is 36.9. The van der Waals surface area contributed by atoms with Gasteiger partial charge in [-0.1, -0.05) is 54.9 Å². The quantitative estimate of drug-likeness (QED) is 0.191. The monoisotopic (exact) mass is 707 g/mol. The minimum absolute atomic E-state index is 0.00469. The maximum atomic E-state index is 14.2. The van der Waals surface area contributed by atoms with E-state index in [1.807, 2.05) is 6.07 Å². The molecule has 1 fully saturated rings. The molecule has 0 saturated carbocycles. The van der Waals surface area contributed by atoms with Crippen LogP contribution in [0.5, 0.6) is 0 Å². The predicted octanol–water partition coefficient (Wildman–Crippen LogP) is 3.91. The van der Waals surface area contributed by atoms with Crippen LogP contribution in [0.25, 0.3) is 11.1 Å². The number of sulfonamides is 1. The van der Waals surface area contributed by atoms with Gasteiger partial charge >= 0.3 is 0 Å². The van der Waals surface area contributed by atoms with Crippen molar-refractivity contribution in [1.29, 1.82) is 0 Å². The number of carbonyl (C=O) groups is 1. The van der Waals surface area contributed by atoms with Gasteiger partial charge in [-0.3, -0.25) is 14.2 Å². The molecule has 2 aromatic carbocycles. The van der Waals surface area contributed by atoms with E-state index < -0.39 is 10.0 Å². The second-order valence-corrected chi connectivity index (χ2v) is 14.2. The van der Waals surface area contributed by atoms with Gasteiger partial charge in [0, 0.05) is 49.0 Å². The first-order valence-electron chi connectivity index (χ1n) is 16.7. The highest BCUT2D eigenvalue weighted by Gasteiger charge is 2.32. The average molecular weight is 708 g/mol. The topological polar surface area (TPSA) is 157 Å². The van der Waals surface area contributed by atoms with Gasteiger partial charge in [0.15, 0.2) is 5.82 Å². The van der Waals surface area contributed by atoms with E-state index in [0.717, 1.165) is 17.1 Å². The Kier molecular flexibility index (Phi) is 11.9. The smallest absolute Gasteiger partial charge is 0.268 e. The molecule has 1 aliphatic rings. The van der Waals surface area contributed by atoms with Crippen LogP contribution < -0.4 is 9.86 Å². The Morgan fingerprint density at radius 1 is 1.08 bits per heavy atom. The number of anilines is 1. The van der Waals surface area contributed by atoms with Crippen molar-refractivity contribution in [2.75, 3.05) is 44.4 Å². The van der Waals surface area contributed by atoms with Gasteiger partial charge in [0.1, 0.15) is 18.3 Å². The van der Waals surface area contributed by atoms with Crippen LogP contribution in [-0.2, 0) is 50.3 Å². The Bertz CT molecular complexity index is 2000. The van der Waals surface area contributed by atoms with Gasteiger partial charge in [0.2, 0.25) is 5.91 Å². The van der Waals surface area contributed by atoms with Crippen molar-refractivity contribution in [3.05, 3.63) is 92.4 Å². The average Bonchev–Trinajstić information content (AvgIpc) is 3.45. The molecule has 3 heterocycles. The molecule has 1 aliphatic heterocycles. The Morgan fingerprint density at radius 3 is 2.48 bits per heavy atom. The maximum absolute atomic E-state index is 14.2. The van der Waals surface area contributed by atoms with Crippen LogP contribution in [0.4, 0.5) is 5.82 Å². The minimum atomic E-state index is -4.22. The van der Waals surface area contributed by atoms with Crippen LogP contribution in [0.15, 0.2) is 56.7 Å². The predicted molar refractivity (Wildman–Crippen MR) is 187 cm³/mol. The number of aliphatic hydroxyl groups is 1. The summed E-state index contributed by atoms with van der Waals surface area (Å²) >= 11 is 0. The van der Waals surface area contributed by atoms with Gasteiger partial charge in [-0.05, 0) is 49.9 Å². The van der Waals surface area contributed by atoms with E-state index in [2.05, 4.69) is 12.1 Å². The number of unbranched alkanes of at least 4 members (excludes halogenated alkanes) is 1. The molecule has 14 heteroatoms. The number of carbonyl (C=O) groups excluding carboxylic acids is 1. The van der Waals surface area contributed by atoms with Gasteiger partial charge in [0.05, 0.1) is 37.7 Å². The highest BCUT2D eigenvalue weighted by molar-refractivity contribution is 7.93. The largest absolute Gasteiger partial charge is 0.392 e. The summed E-state index contributed by atoms with van der Waals surface area (Å²) in [7, 11) is -2.83. The summed E-state index contributed by atoms with van der Waals surface area (Å²) in [4.78, 5) is 33.7. The normalized spacial score (nSPS) is 13.5. The number of methoxy groups -OCH3 is 1. The molecule has 0 atom stereocenters. The molecule has 0 radical (unpaired) electrons. The molecule has 5 rings (SSSR count). The SMILES string of the molecule is CCCCc1nc(C)c(CC(=O)N2CCOCC2)c(=O)n1Cc1ccc(-c2ccccc2S(=O)(=O)N(COC)c2noc(C)c2C)c(CO)c1. The summed E-state index contributed by atoms with van der Waals surface area (Å²) in [6.45, 7) is 8.64. The van der Waals surface area contributed by atoms with Crippen molar-refractivity contribution in [3.8, 4) is 11.1 Å². The van der Waals surface area contributed by atoms with E-state index in [1.165, 1.54) is 13.2 Å². The highest BCUT2D eigenvalue weighted by Crippen LogP contribution is 2.35. The highest BCUT2D eigenvalue weighted by atomic mass is 32.2. The fraction of sp³-hybridized carbons (Fsp3) is 0.444. The van der Waals surface area contributed by atoms with Crippen molar-refractivity contribution in [3.63, 3.8) is 0 Å². The summed E-state index contributed by atoms with van der Waals surface area (Å²) in [6, 6.07) is 11.9. The summed E-state index contributed by atoms with van der Waals surface area (Å²) in [5.41, 5.74) is 3.28.